The Morgan fingerprint density at radius 1 is 1.23 bits per heavy atom. The van der Waals surface area contributed by atoms with Crippen LogP contribution in [0.25, 0.3) is 5.78 Å². The molecule has 1 N–H and O–H groups in total. The molecule has 1 saturated heterocycles. The molecule has 3 aromatic rings. The van der Waals surface area contributed by atoms with E-state index in [0.717, 1.165) is 30.0 Å². The van der Waals surface area contributed by atoms with Gasteiger partial charge in [0.2, 0.25) is 5.91 Å². The smallest absolute Gasteiger partial charge is 0.352 e. The average molecular weight is 424 g/mol. The van der Waals surface area contributed by atoms with Crippen LogP contribution in [-0.4, -0.2) is 51.2 Å². The Morgan fingerprint density at radius 2 is 2.00 bits per heavy atom. The Labute approximate surface area is 178 Å². The molecule has 0 unspecified atom stereocenters. The SMILES string of the molecule is COC(=O)c1ccc(NC(=O)Cn2nc3nc(N4CCC[C@@H](C)C4)ccn3c2=O)cc1. The number of anilines is 2. The number of nitrogens with zero attached hydrogens (tertiary/aromatic N) is 5. The van der Waals surface area contributed by atoms with Crippen molar-refractivity contribution in [3.8, 4) is 0 Å². The van der Waals surface area contributed by atoms with E-state index in [4.69, 9.17) is 0 Å². The fraction of sp³-hybridized carbons (Fsp3) is 0.381. The molecule has 0 bridgehead atoms. The number of carbonyl (C=O) groups is 2. The van der Waals surface area contributed by atoms with Gasteiger partial charge in [0.05, 0.1) is 12.7 Å². The highest BCUT2D eigenvalue weighted by molar-refractivity contribution is 5.92. The van der Waals surface area contributed by atoms with Crippen molar-refractivity contribution >= 4 is 29.2 Å². The predicted octanol–water partition coefficient (Wildman–Crippen LogP) is 1.55. The summed E-state index contributed by atoms with van der Waals surface area (Å²) in [5.74, 6) is 0.764. The highest BCUT2D eigenvalue weighted by Gasteiger charge is 2.19. The molecular weight excluding hydrogens is 400 g/mol. The molecule has 0 saturated carbocycles. The third-order valence-electron chi connectivity index (χ3n) is 5.30. The van der Waals surface area contributed by atoms with Crippen LogP contribution in [0.4, 0.5) is 11.5 Å². The third kappa shape index (κ3) is 4.42. The molecule has 4 rings (SSSR count). The lowest BCUT2D eigenvalue weighted by Crippen LogP contribution is -2.34. The summed E-state index contributed by atoms with van der Waals surface area (Å²) in [5.41, 5.74) is 0.438. The Kier molecular flexibility index (Phi) is 5.70. The fourth-order valence-electron chi connectivity index (χ4n) is 3.72. The number of benzene rings is 1. The summed E-state index contributed by atoms with van der Waals surface area (Å²) >= 11 is 0. The van der Waals surface area contributed by atoms with E-state index in [9.17, 15) is 14.4 Å². The maximum absolute atomic E-state index is 12.6. The van der Waals surface area contributed by atoms with Gasteiger partial charge in [-0.15, -0.1) is 5.10 Å². The summed E-state index contributed by atoms with van der Waals surface area (Å²) in [5, 5.41) is 6.91. The van der Waals surface area contributed by atoms with Crippen LogP contribution >= 0.6 is 0 Å². The number of ether oxygens (including phenoxy) is 1. The number of hydrogen-bond donors (Lipinski definition) is 1. The zero-order valence-electron chi connectivity index (χ0n) is 17.4. The van der Waals surface area contributed by atoms with Gasteiger partial charge in [0.1, 0.15) is 12.4 Å². The molecule has 31 heavy (non-hydrogen) atoms. The van der Waals surface area contributed by atoms with E-state index in [2.05, 4.69) is 32.0 Å². The molecule has 1 aliphatic heterocycles. The quantitative estimate of drug-likeness (QED) is 0.619. The first-order chi connectivity index (χ1) is 14.9. The standard InChI is InChI=1S/C21H24N6O4/c1-14-4-3-10-25(12-14)17-9-11-26-20(23-17)24-27(21(26)30)13-18(28)22-16-7-5-15(6-8-16)19(29)31-2/h5-9,11,14H,3-4,10,12-13H2,1-2H3,(H,22,28)/t14-/m1/s1. The maximum atomic E-state index is 12.6. The lowest BCUT2D eigenvalue weighted by Gasteiger charge is -2.31. The van der Waals surface area contributed by atoms with Gasteiger partial charge in [0.25, 0.3) is 5.78 Å². The Balaban J connectivity index is 1.47. The number of nitrogens with one attached hydrogen (secondary N) is 1. The molecule has 10 nitrogen and oxygen atoms in total. The highest BCUT2D eigenvalue weighted by atomic mass is 16.5. The van der Waals surface area contributed by atoms with Gasteiger partial charge >= 0.3 is 11.7 Å². The van der Waals surface area contributed by atoms with Crippen LogP contribution in [0.1, 0.15) is 30.1 Å². The average Bonchev–Trinajstić information content (AvgIpc) is 3.08. The number of methoxy groups -OCH3 is 1. The summed E-state index contributed by atoms with van der Waals surface area (Å²) < 4.78 is 7.06. The molecule has 0 spiro atoms. The first kappa shape index (κ1) is 20.6. The number of carbonyl (C=O) groups excluding carboxylic acids is 2. The number of amides is 1. The van der Waals surface area contributed by atoms with E-state index in [0.29, 0.717) is 17.2 Å². The molecule has 1 atom stereocenters. The van der Waals surface area contributed by atoms with Crippen LogP contribution in [0.15, 0.2) is 41.3 Å². The van der Waals surface area contributed by atoms with Crippen LogP contribution in [-0.2, 0) is 16.1 Å². The van der Waals surface area contributed by atoms with Crippen LogP contribution in [0.2, 0.25) is 0 Å². The topological polar surface area (TPSA) is 111 Å². The molecule has 1 aliphatic rings. The van der Waals surface area contributed by atoms with Gasteiger partial charge in [-0.25, -0.2) is 18.7 Å². The highest BCUT2D eigenvalue weighted by Crippen LogP contribution is 2.21. The number of aromatic nitrogens is 4. The van der Waals surface area contributed by atoms with Crippen LogP contribution in [0.3, 0.4) is 0 Å². The molecule has 1 amide bonds. The van der Waals surface area contributed by atoms with Crippen LogP contribution in [0, 0.1) is 5.92 Å². The predicted molar refractivity (Wildman–Crippen MR) is 114 cm³/mol. The number of piperidine rings is 1. The second-order valence-corrected chi connectivity index (χ2v) is 7.71. The molecule has 1 aromatic carbocycles. The van der Waals surface area contributed by atoms with Crippen molar-refractivity contribution in [3.63, 3.8) is 0 Å². The summed E-state index contributed by atoms with van der Waals surface area (Å²) in [6.45, 7) is 3.81. The molecule has 10 heteroatoms. The van der Waals surface area contributed by atoms with Crippen molar-refractivity contribution < 1.29 is 14.3 Å². The fourth-order valence-corrected chi connectivity index (χ4v) is 3.72. The Hall–Kier alpha value is -3.69. The Morgan fingerprint density at radius 3 is 2.71 bits per heavy atom. The van der Waals surface area contributed by atoms with Gasteiger partial charge in [-0.3, -0.25) is 4.79 Å². The van der Waals surface area contributed by atoms with Gasteiger partial charge in [-0.1, -0.05) is 6.92 Å². The van der Waals surface area contributed by atoms with Crippen molar-refractivity contribution in [3.05, 3.63) is 52.6 Å². The first-order valence-corrected chi connectivity index (χ1v) is 10.1. The lowest BCUT2D eigenvalue weighted by molar-refractivity contribution is -0.117. The summed E-state index contributed by atoms with van der Waals surface area (Å²) in [6.07, 6.45) is 3.95. The minimum Gasteiger partial charge on any atom is -0.465 e. The first-order valence-electron chi connectivity index (χ1n) is 10.1. The molecule has 0 radical (unpaired) electrons. The van der Waals surface area contributed by atoms with E-state index in [1.54, 1.807) is 36.5 Å². The second-order valence-electron chi connectivity index (χ2n) is 7.71. The van der Waals surface area contributed by atoms with Crippen molar-refractivity contribution in [1.82, 2.24) is 19.2 Å². The lowest BCUT2D eigenvalue weighted by atomic mass is 10.0. The van der Waals surface area contributed by atoms with E-state index >= 15 is 0 Å². The summed E-state index contributed by atoms with van der Waals surface area (Å²) in [4.78, 5) is 43.2. The zero-order chi connectivity index (χ0) is 22.0. The summed E-state index contributed by atoms with van der Waals surface area (Å²) in [6, 6.07) is 8.08. The van der Waals surface area contributed by atoms with Gasteiger partial charge in [-0.05, 0) is 49.1 Å². The molecule has 3 heterocycles. The van der Waals surface area contributed by atoms with Crippen molar-refractivity contribution in [2.75, 3.05) is 30.4 Å². The van der Waals surface area contributed by atoms with Crippen LogP contribution < -0.4 is 15.9 Å². The number of hydrogen-bond acceptors (Lipinski definition) is 7. The van der Waals surface area contributed by atoms with E-state index in [1.165, 1.54) is 17.9 Å². The maximum Gasteiger partial charge on any atom is 0.352 e. The van der Waals surface area contributed by atoms with E-state index in [1.807, 2.05) is 0 Å². The summed E-state index contributed by atoms with van der Waals surface area (Å²) in [7, 11) is 1.30. The molecule has 162 valence electrons. The van der Waals surface area contributed by atoms with Crippen LogP contribution in [0.5, 0.6) is 0 Å². The molecule has 2 aromatic heterocycles. The minimum atomic E-state index is -0.458. The third-order valence-corrected chi connectivity index (χ3v) is 5.30. The number of rotatable bonds is 5. The van der Waals surface area contributed by atoms with Gasteiger partial charge in [-0.2, -0.15) is 4.98 Å². The van der Waals surface area contributed by atoms with Crippen molar-refractivity contribution in [2.45, 2.75) is 26.3 Å². The van der Waals surface area contributed by atoms with Gasteiger partial charge in [0.15, 0.2) is 0 Å². The molecule has 0 aliphatic carbocycles. The van der Waals surface area contributed by atoms with Gasteiger partial charge < -0.3 is 15.0 Å². The second kappa shape index (κ2) is 8.58. The monoisotopic (exact) mass is 424 g/mol. The van der Waals surface area contributed by atoms with Crippen molar-refractivity contribution in [1.29, 1.82) is 0 Å². The normalized spacial score (nSPS) is 16.3. The zero-order valence-corrected chi connectivity index (χ0v) is 17.4. The van der Waals surface area contributed by atoms with E-state index in [-0.39, 0.29) is 12.3 Å². The molecular formula is C21H24N6O4. The van der Waals surface area contributed by atoms with Gasteiger partial charge in [0, 0.05) is 25.0 Å². The largest absolute Gasteiger partial charge is 0.465 e. The van der Waals surface area contributed by atoms with Crippen molar-refractivity contribution in [2.24, 2.45) is 5.92 Å². The van der Waals surface area contributed by atoms with E-state index < -0.39 is 17.6 Å². The Bertz CT molecular complexity index is 1170. The number of esters is 1. The molecule has 1 fully saturated rings. The number of fused-ring (bicyclic) bond motifs is 1. The minimum absolute atomic E-state index is 0.253.